The highest BCUT2D eigenvalue weighted by atomic mass is 19.2. The van der Waals surface area contributed by atoms with Gasteiger partial charge in [-0.3, -0.25) is 4.79 Å². The molecule has 1 N–H and O–H groups in total. The van der Waals surface area contributed by atoms with Gasteiger partial charge in [-0.2, -0.15) is 0 Å². The quantitative estimate of drug-likeness (QED) is 0.849. The third-order valence-corrected chi connectivity index (χ3v) is 4.00. The molecule has 2 aromatic carbocycles. The summed E-state index contributed by atoms with van der Waals surface area (Å²) in [6.45, 7) is 1.40. The highest BCUT2D eigenvalue weighted by Crippen LogP contribution is 2.22. The lowest BCUT2D eigenvalue weighted by molar-refractivity contribution is -0.117. The first-order valence-electron chi connectivity index (χ1n) is 7.78. The first kappa shape index (κ1) is 16.5. The summed E-state index contributed by atoms with van der Waals surface area (Å²) in [4.78, 5) is 13.5. The summed E-state index contributed by atoms with van der Waals surface area (Å²) < 4.78 is 39.3. The molecule has 0 unspecified atom stereocenters. The van der Waals surface area contributed by atoms with Crippen LogP contribution >= 0.6 is 0 Å². The van der Waals surface area contributed by atoms with Crippen LogP contribution in [0.5, 0.6) is 0 Å². The molecule has 1 fully saturated rings. The Morgan fingerprint density at radius 3 is 2.38 bits per heavy atom. The van der Waals surface area contributed by atoms with Crippen LogP contribution in [0.1, 0.15) is 24.0 Å². The molecule has 0 radical (unpaired) electrons. The predicted octanol–water partition coefficient (Wildman–Crippen LogP) is 3.52. The largest absolute Gasteiger partial charge is 0.312 e. The van der Waals surface area contributed by atoms with E-state index in [1.165, 1.54) is 0 Å². The Morgan fingerprint density at radius 2 is 1.71 bits per heavy atom. The highest BCUT2D eigenvalue weighted by Gasteiger charge is 2.21. The van der Waals surface area contributed by atoms with Gasteiger partial charge in [0, 0.05) is 31.7 Å². The van der Waals surface area contributed by atoms with Gasteiger partial charge in [0.1, 0.15) is 0 Å². The number of carbonyl (C=O) groups excluding carboxylic acids is 1. The summed E-state index contributed by atoms with van der Waals surface area (Å²) >= 11 is 0. The number of rotatable bonds is 5. The number of hydrogen-bond acceptors (Lipinski definition) is 2. The second kappa shape index (κ2) is 7.05. The molecule has 1 saturated heterocycles. The average Bonchev–Trinajstić information content (AvgIpc) is 2.99. The minimum atomic E-state index is -1.46. The van der Waals surface area contributed by atoms with Gasteiger partial charge in [-0.1, -0.05) is 12.1 Å². The smallest absolute Gasteiger partial charge is 0.227 e. The van der Waals surface area contributed by atoms with E-state index < -0.39 is 17.5 Å². The summed E-state index contributed by atoms with van der Waals surface area (Å²) in [6, 6.07) is 9.53. The molecular weight excluding hydrogens is 317 g/mol. The van der Waals surface area contributed by atoms with Gasteiger partial charge in [-0.25, -0.2) is 13.2 Å². The molecule has 0 atom stereocenters. The molecule has 0 spiro atoms. The van der Waals surface area contributed by atoms with E-state index in [-0.39, 0.29) is 12.5 Å². The predicted molar refractivity (Wildman–Crippen MR) is 84.9 cm³/mol. The van der Waals surface area contributed by atoms with Crippen LogP contribution in [0.25, 0.3) is 0 Å². The Bertz CT molecular complexity index is 741. The number of nitrogens with one attached hydrogen (secondary N) is 1. The summed E-state index contributed by atoms with van der Waals surface area (Å²) in [6.07, 6.45) is 1.44. The lowest BCUT2D eigenvalue weighted by atomic mass is 10.1. The van der Waals surface area contributed by atoms with Crippen LogP contribution in [0.4, 0.5) is 18.9 Å². The molecule has 126 valence electrons. The fraction of sp³-hybridized carbons (Fsp3) is 0.278. The molecular formula is C18H17F3N2O. The Balaban J connectivity index is 1.62. The number of benzene rings is 2. The van der Waals surface area contributed by atoms with Gasteiger partial charge in [0.05, 0.1) is 0 Å². The molecule has 0 aliphatic carbocycles. The van der Waals surface area contributed by atoms with Crippen molar-refractivity contribution in [2.45, 2.75) is 25.9 Å². The molecule has 6 heteroatoms. The van der Waals surface area contributed by atoms with Crippen LogP contribution < -0.4 is 10.2 Å². The normalized spacial score (nSPS) is 14.5. The Morgan fingerprint density at radius 1 is 1.00 bits per heavy atom. The van der Waals surface area contributed by atoms with Crippen molar-refractivity contribution >= 4 is 11.6 Å². The highest BCUT2D eigenvalue weighted by molar-refractivity contribution is 5.95. The van der Waals surface area contributed by atoms with Gasteiger partial charge in [0.2, 0.25) is 5.91 Å². The SMILES string of the molecule is O=C1CCCN1c1cccc(CNCc2cc(F)c(F)c(F)c2)c1. The molecule has 24 heavy (non-hydrogen) atoms. The van der Waals surface area contributed by atoms with Crippen LogP contribution in [-0.2, 0) is 17.9 Å². The first-order valence-corrected chi connectivity index (χ1v) is 7.78. The monoisotopic (exact) mass is 334 g/mol. The van der Waals surface area contributed by atoms with E-state index in [9.17, 15) is 18.0 Å². The van der Waals surface area contributed by atoms with E-state index >= 15 is 0 Å². The van der Waals surface area contributed by atoms with Crippen molar-refractivity contribution in [2.75, 3.05) is 11.4 Å². The standard InChI is InChI=1S/C18H17F3N2O/c19-15-8-13(9-16(20)18(15)21)11-22-10-12-3-1-4-14(7-12)23-6-2-5-17(23)24/h1,3-4,7-9,22H,2,5-6,10-11H2. The second-order valence-electron chi connectivity index (χ2n) is 5.80. The van der Waals surface area contributed by atoms with Gasteiger partial charge >= 0.3 is 0 Å². The minimum Gasteiger partial charge on any atom is -0.312 e. The van der Waals surface area contributed by atoms with Crippen molar-refractivity contribution in [3.8, 4) is 0 Å². The van der Waals surface area contributed by atoms with Crippen molar-refractivity contribution in [1.82, 2.24) is 5.32 Å². The Labute approximate surface area is 138 Å². The van der Waals surface area contributed by atoms with E-state index in [0.717, 1.165) is 36.3 Å². The molecule has 1 amide bonds. The van der Waals surface area contributed by atoms with Gasteiger partial charge in [-0.15, -0.1) is 0 Å². The molecule has 3 nitrogen and oxygen atoms in total. The third-order valence-electron chi connectivity index (χ3n) is 4.00. The number of hydrogen-bond donors (Lipinski definition) is 1. The van der Waals surface area contributed by atoms with Crippen molar-refractivity contribution < 1.29 is 18.0 Å². The van der Waals surface area contributed by atoms with Crippen LogP contribution in [0.3, 0.4) is 0 Å². The summed E-state index contributed by atoms with van der Waals surface area (Å²) in [5.41, 5.74) is 2.14. The molecule has 3 rings (SSSR count). The molecule has 0 aromatic heterocycles. The number of anilines is 1. The van der Waals surface area contributed by atoms with Crippen LogP contribution in [0.2, 0.25) is 0 Å². The third kappa shape index (κ3) is 3.59. The van der Waals surface area contributed by atoms with Crippen molar-refractivity contribution in [3.63, 3.8) is 0 Å². The fourth-order valence-corrected chi connectivity index (χ4v) is 2.82. The zero-order valence-corrected chi connectivity index (χ0v) is 13.0. The Hall–Kier alpha value is -2.34. The summed E-state index contributed by atoms with van der Waals surface area (Å²) in [5.74, 6) is -3.72. The molecule has 1 heterocycles. The molecule has 0 saturated carbocycles. The van der Waals surface area contributed by atoms with E-state index in [2.05, 4.69) is 5.32 Å². The molecule has 2 aromatic rings. The first-order chi connectivity index (χ1) is 11.5. The van der Waals surface area contributed by atoms with Crippen molar-refractivity contribution in [2.24, 2.45) is 0 Å². The van der Waals surface area contributed by atoms with Crippen molar-refractivity contribution in [3.05, 3.63) is 65.0 Å². The molecule has 0 bridgehead atoms. The number of carbonyl (C=O) groups is 1. The summed E-state index contributed by atoms with van der Waals surface area (Å²) in [5, 5.41) is 3.06. The zero-order valence-electron chi connectivity index (χ0n) is 13.0. The van der Waals surface area contributed by atoms with Crippen molar-refractivity contribution in [1.29, 1.82) is 0 Å². The van der Waals surface area contributed by atoms with E-state index in [0.29, 0.717) is 18.5 Å². The van der Waals surface area contributed by atoms with E-state index in [1.54, 1.807) is 4.90 Å². The maximum Gasteiger partial charge on any atom is 0.227 e. The number of halogens is 3. The minimum absolute atomic E-state index is 0.123. The maximum absolute atomic E-state index is 13.2. The molecule has 1 aliphatic rings. The lowest BCUT2D eigenvalue weighted by Gasteiger charge is -2.16. The van der Waals surface area contributed by atoms with Gasteiger partial charge in [-0.05, 0) is 41.8 Å². The number of amides is 1. The average molecular weight is 334 g/mol. The van der Waals surface area contributed by atoms with E-state index in [1.807, 2.05) is 24.3 Å². The van der Waals surface area contributed by atoms with Crippen LogP contribution in [0.15, 0.2) is 36.4 Å². The zero-order chi connectivity index (χ0) is 17.1. The second-order valence-corrected chi connectivity index (χ2v) is 5.80. The van der Waals surface area contributed by atoms with Gasteiger partial charge < -0.3 is 10.2 Å². The topological polar surface area (TPSA) is 32.3 Å². The van der Waals surface area contributed by atoms with Crippen LogP contribution in [-0.4, -0.2) is 12.5 Å². The lowest BCUT2D eigenvalue weighted by Crippen LogP contribution is -2.23. The van der Waals surface area contributed by atoms with Crippen LogP contribution in [0, 0.1) is 17.5 Å². The molecule has 1 aliphatic heterocycles. The van der Waals surface area contributed by atoms with Gasteiger partial charge in [0.15, 0.2) is 17.5 Å². The van der Waals surface area contributed by atoms with Gasteiger partial charge in [0.25, 0.3) is 0 Å². The summed E-state index contributed by atoms with van der Waals surface area (Å²) in [7, 11) is 0. The fourth-order valence-electron chi connectivity index (χ4n) is 2.82. The number of nitrogens with zero attached hydrogens (tertiary/aromatic N) is 1. The maximum atomic E-state index is 13.2. The Kier molecular flexibility index (Phi) is 4.85. The van der Waals surface area contributed by atoms with E-state index in [4.69, 9.17) is 0 Å².